The molecular formula is C20H22N2O3. The van der Waals surface area contributed by atoms with Crippen LogP contribution in [-0.2, 0) is 33.7 Å². The molecule has 0 fully saturated rings. The number of fused-ring (bicyclic) bond motifs is 1. The number of benzene rings is 1. The van der Waals surface area contributed by atoms with E-state index in [0.717, 1.165) is 23.2 Å². The Kier molecular flexibility index (Phi) is 5.43. The average Bonchev–Trinajstić information content (AvgIpc) is 2.67. The van der Waals surface area contributed by atoms with Crippen LogP contribution in [0.25, 0.3) is 0 Å². The van der Waals surface area contributed by atoms with Crippen LogP contribution in [0.4, 0.5) is 0 Å². The predicted octanol–water partition coefficient (Wildman–Crippen LogP) is 2.53. The first kappa shape index (κ1) is 17.1. The maximum absolute atomic E-state index is 12.7. The number of methoxy groups -OCH3 is 1. The van der Waals surface area contributed by atoms with Gasteiger partial charge in [-0.05, 0) is 36.1 Å². The maximum Gasteiger partial charge on any atom is 0.328 e. The van der Waals surface area contributed by atoms with Crippen molar-refractivity contribution < 1.29 is 14.3 Å². The van der Waals surface area contributed by atoms with Crippen LogP contribution in [-0.4, -0.2) is 34.9 Å². The molecule has 1 aromatic heterocycles. The Morgan fingerprint density at radius 2 is 1.92 bits per heavy atom. The number of hydrogen-bond donors (Lipinski definition) is 0. The van der Waals surface area contributed by atoms with Gasteiger partial charge in [-0.1, -0.05) is 30.3 Å². The van der Waals surface area contributed by atoms with Gasteiger partial charge in [0.15, 0.2) is 0 Å². The topological polar surface area (TPSA) is 59.5 Å². The number of pyridine rings is 1. The van der Waals surface area contributed by atoms with E-state index in [1.807, 2.05) is 42.5 Å². The molecule has 5 nitrogen and oxygen atoms in total. The molecule has 0 unspecified atom stereocenters. The third kappa shape index (κ3) is 4.05. The summed E-state index contributed by atoms with van der Waals surface area (Å²) in [4.78, 5) is 30.8. The maximum atomic E-state index is 12.7. The van der Waals surface area contributed by atoms with Gasteiger partial charge in [0.25, 0.3) is 0 Å². The highest BCUT2D eigenvalue weighted by Gasteiger charge is 2.34. The van der Waals surface area contributed by atoms with E-state index in [9.17, 15) is 9.59 Å². The Morgan fingerprint density at radius 1 is 1.16 bits per heavy atom. The lowest BCUT2D eigenvalue weighted by Gasteiger charge is -2.35. The summed E-state index contributed by atoms with van der Waals surface area (Å²) in [6.45, 7) is 0.457. The van der Waals surface area contributed by atoms with Gasteiger partial charge >= 0.3 is 5.97 Å². The first-order valence-electron chi connectivity index (χ1n) is 8.53. The molecule has 0 N–H and O–H groups in total. The highest BCUT2D eigenvalue weighted by molar-refractivity contribution is 5.85. The Morgan fingerprint density at radius 3 is 2.64 bits per heavy atom. The third-order valence-electron chi connectivity index (χ3n) is 4.59. The molecule has 5 heteroatoms. The summed E-state index contributed by atoms with van der Waals surface area (Å²) in [7, 11) is 1.37. The SMILES string of the molecule is COC(=O)[C@H]1Cc2ccccc2CN1C(=O)CCCc1ccccn1. The second-order valence-corrected chi connectivity index (χ2v) is 6.21. The number of carbonyl (C=O) groups excluding carboxylic acids is 2. The molecule has 1 amide bonds. The number of rotatable bonds is 5. The number of esters is 1. The van der Waals surface area contributed by atoms with Crippen molar-refractivity contribution in [1.29, 1.82) is 0 Å². The predicted molar refractivity (Wildman–Crippen MR) is 93.7 cm³/mol. The number of aromatic nitrogens is 1. The van der Waals surface area contributed by atoms with Crippen molar-refractivity contribution in [2.75, 3.05) is 7.11 Å². The van der Waals surface area contributed by atoms with E-state index in [1.165, 1.54) is 7.11 Å². The van der Waals surface area contributed by atoms with Gasteiger partial charge in [-0.2, -0.15) is 0 Å². The molecule has 25 heavy (non-hydrogen) atoms. The zero-order chi connectivity index (χ0) is 17.6. The van der Waals surface area contributed by atoms with Crippen LogP contribution in [0.15, 0.2) is 48.7 Å². The average molecular weight is 338 g/mol. The largest absolute Gasteiger partial charge is 0.467 e. The van der Waals surface area contributed by atoms with Crippen LogP contribution in [0.3, 0.4) is 0 Å². The van der Waals surface area contributed by atoms with Crippen molar-refractivity contribution in [1.82, 2.24) is 9.88 Å². The summed E-state index contributed by atoms with van der Waals surface area (Å²) in [6.07, 6.45) is 4.12. The number of aryl methyl sites for hydroxylation is 1. The van der Waals surface area contributed by atoms with Crippen LogP contribution >= 0.6 is 0 Å². The first-order chi connectivity index (χ1) is 12.2. The summed E-state index contributed by atoms with van der Waals surface area (Å²) in [5.74, 6) is -0.367. The van der Waals surface area contributed by atoms with Gasteiger partial charge < -0.3 is 9.64 Å². The van der Waals surface area contributed by atoms with E-state index in [1.54, 1.807) is 11.1 Å². The summed E-state index contributed by atoms with van der Waals surface area (Å²) < 4.78 is 4.92. The molecule has 0 spiro atoms. The number of nitrogens with zero attached hydrogens (tertiary/aromatic N) is 2. The molecule has 1 aromatic carbocycles. The standard InChI is InChI=1S/C20H22N2O3/c1-25-20(24)18-13-15-7-2-3-8-16(15)14-22(18)19(23)11-6-10-17-9-4-5-12-21-17/h2-5,7-9,12,18H,6,10-11,13-14H2,1H3/t18-/m1/s1. The first-order valence-corrected chi connectivity index (χ1v) is 8.53. The van der Waals surface area contributed by atoms with Gasteiger partial charge in [0.05, 0.1) is 7.11 Å². The van der Waals surface area contributed by atoms with Crippen molar-refractivity contribution in [3.05, 3.63) is 65.5 Å². The van der Waals surface area contributed by atoms with Gasteiger partial charge in [0.2, 0.25) is 5.91 Å². The lowest BCUT2D eigenvalue weighted by Crippen LogP contribution is -2.49. The van der Waals surface area contributed by atoms with E-state index >= 15 is 0 Å². The molecule has 0 saturated carbocycles. The fraction of sp³-hybridized carbons (Fsp3) is 0.350. The molecule has 0 saturated heterocycles. The van der Waals surface area contributed by atoms with Gasteiger partial charge in [-0.25, -0.2) is 4.79 Å². The third-order valence-corrected chi connectivity index (χ3v) is 4.59. The van der Waals surface area contributed by atoms with Crippen molar-refractivity contribution >= 4 is 11.9 Å². The number of ether oxygens (including phenoxy) is 1. The molecule has 1 aliphatic heterocycles. The minimum absolute atomic E-state index is 0.0131. The van der Waals surface area contributed by atoms with E-state index in [2.05, 4.69) is 4.98 Å². The van der Waals surface area contributed by atoms with Crippen molar-refractivity contribution in [3.8, 4) is 0 Å². The summed E-state index contributed by atoms with van der Waals surface area (Å²) in [5.41, 5.74) is 3.18. The number of amides is 1. The molecule has 130 valence electrons. The molecule has 2 aromatic rings. The van der Waals surface area contributed by atoms with Gasteiger partial charge in [-0.15, -0.1) is 0 Å². The van der Waals surface area contributed by atoms with Crippen LogP contribution in [0.1, 0.15) is 29.7 Å². The monoisotopic (exact) mass is 338 g/mol. The number of carbonyl (C=O) groups is 2. The lowest BCUT2D eigenvalue weighted by molar-refractivity contribution is -0.154. The molecule has 0 radical (unpaired) electrons. The minimum Gasteiger partial charge on any atom is -0.467 e. The normalized spacial score (nSPS) is 16.2. The van der Waals surface area contributed by atoms with Crippen molar-refractivity contribution in [3.63, 3.8) is 0 Å². The summed E-state index contributed by atoms with van der Waals surface area (Å²) >= 11 is 0. The minimum atomic E-state index is -0.540. The van der Waals surface area contributed by atoms with Gasteiger partial charge in [0, 0.05) is 31.3 Å². The Bertz CT molecular complexity index is 746. The Hall–Kier alpha value is -2.69. The van der Waals surface area contributed by atoms with Crippen LogP contribution < -0.4 is 0 Å². The summed E-state index contributed by atoms with van der Waals surface area (Å²) in [5, 5.41) is 0. The van der Waals surface area contributed by atoms with Gasteiger partial charge in [-0.3, -0.25) is 9.78 Å². The second kappa shape index (κ2) is 7.92. The molecule has 0 bridgehead atoms. The molecule has 1 aliphatic rings. The Balaban J connectivity index is 1.67. The lowest BCUT2D eigenvalue weighted by atomic mass is 9.93. The van der Waals surface area contributed by atoms with Crippen molar-refractivity contribution in [2.24, 2.45) is 0 Å². The van der Waals surface area contributed by atoms with E-state index < -0.39 is 6.04 Å². The molecular weight excluding hydrogens is 316 g/mol. The smallest absolute Gasteiger partial charge is 0.328 e. The van der Waals surface area contributed by atoms with E-state index in [0.29, 0.717) is 25.8 Å². The molecule has 1 atom stereocenters. The zero-order valence-electron chi connectivity index (χ0n) is 14.4. The second-order valence-electron chi connectivity index (χ2n) is 6.21. The zero-order valence-corrected chi connectivity index (χ0v) is 14.4. The van der Waals surface area contributed by atoms with Crippen LogP contribution in [0.5, 0.6) is 0 Å². The van der Waals surface area contributed by atoms with Crippen LogP contribution in [0.2, 0.25) is 0 Å². The highest BCUT2D eigenvalue weighted by Crippen LogP contribution is 2.25. The van der Waals surface area contributed by atoms with E-state index in [4.69, 9.17) is 4.74 Å². The van der Waals surface area contributed by atoms with Crippen LogP contribution in [0, 0.1) is 0 Å². The van der Waals surface area contributed by atoms with Crippen molar-refractivity contribution in [2.45, 2.75) is 38.3 Å². The quantitative estimate of drug-likeness (QED) is 0.786. The fourth-order valence-corrected chi connectivity index (χ4v) is 3.24. The Labute approximate surface area is 147 Å². The van der Waals surface area contributed by atoms with Gasteiger partial charge in [0.1, 0.15) is 6.04 Å². The fourth-order valence-electron chi connectivity index (χ4n) is 3.24. The molecule has 3 rings (SSSR count). The molecule has 0 aliphatic carbocycles. The molecule has 2 heterocycles. The summed E-state index contributed by atoms with van der Waals surface area (Å²) in [6, 6.07) is 13.2. The number of hydrogen-bond acceptors (Lipinski definition) is 4. The van der Waals surface area contributed by atoms with E-state index in [-0.39, 0.29) is 11.9 Å². The highest BCUT2D eigenvalue weighted by atomic mass is 16.5.